The number of nitrogens with zero attached hydrogens (tertiary/aromatic N) is 6. The fourth-order valence-electron chi connectivity index (χ4n) is 3.53. The molecule has 1 amide bonds. The average Bonchev–Trinajstić information content (AvgIpc) is 3.22. The molecular formula is C19H21FN6O. The van der Waals surface area contributed by atoms with Crippen LogP contribution in [0.25, 0.3) is 11.4 Å². The highest BCUT2D eigenvalue weighted by Crippen LogP contribution is 2.30. The van der Waals surface area contributed by atoms with Gasteiger partial charge in [0.05, 0.1) is 17.8 Å². The predicted octanol–water partition coefficient (Wildman–Crippen LogP) is 2.71. The van der Waals surface area contributed by atoms with Crippen LogP contribution in [0, 0.1) is 12.7 Å². The first-order chi connectivity index (χ1) is 13.0. The minimum Gasteiger partial charge on any atom is -0.329 e. The summed E-state index contributed by atoms with van der Waals surface area (Å²) in [7, 11) is 0. The molecule has 0 fully saturated rings. The zero-order valence-corrected chi connectivity index (χ0v) is 15.6. The molecule has 140 valence electrons. The number of hydrogen-bond acceptors (Lipinski definition) is 4. The van der Waals surface area contributed by atoms with Crippen molar-refractivity contribution in [2.75, 3.05) is 0 Å². The molecule has 1 aliphatic heterocycles. The van der Waals surface area contributed by atoms with Gasteiger partial charge in [-0.15, -0.1) is 10.2 Å². The van der Waals surface area contributed by atoms with Crippen LogP contribution in [0.4, 0.5) is 4.39 Å². The molecule has 8 heteroatoms. The highest BCUT2D eigenvalue weighted by molar-refractivity contribution is 5.82. The Morgan fingerprint density at radius 1 is 1.30 bits per heavy atom. The van der Waals surface area contributed by atoms with Crippen molar-refractivity contribution in [2.24, 2.45) is 0 Å². The van der Waals surface area contributed by atoms with Gasteiger partial charge in [-0.1, -0.05) is 12.1 Å². The summed E-state index contributed by atoms with van der Waals surface area (Å²) in [6.45, 7) is 7.23. The van der Waals surface area contributed by atoms with Gasteiger partial charge < -0.3 is 4.90 Å². The average molecular weight is 368 g/mol. The number of aryl methyl sites for hydroxylation is 2. The zero-order valence-electron chi connectivity index (χ0n) is 15.6. The van der Waals surface area contributed by atoms with E-state index < -0.39 is 6.04 Å². The molecule has 27 heavy (non-hydrogen) atoms. The van der Waals surface area contributed by atoms with Crippen LogP contribution in [-0.2, 0) is 24.4 Å². The Kier molecular flexibility index (Phi) is 4.25. The van der Waals surface area contributed by atoms with E-state index in [9.17, 15) is 9.18 Å². The van der Waals surface area contributed by atoms with Crippen LogP contribution in [0.5, 0.6) is 0 Å². The van der Waals surface area contributed by atoms with Crippen molar-refractivity contribution in [2.45, 2.75) is 46.4 Å². The second kappa shape index (κ2) is 6.61. The lowest BCUT2D eigenvalue weighted by molar-refractivity contribution is -0.137. The Balaban J connectivity index is 1.67. The summed E-state index contributed by atoms with van der Waals surface area (Å²) in [5.74, 6) is 1.04. The van der Waals surface area contributed by atoms with E-state index in [0.29, 0.717) is 18.9 Å². The second-order valence-corrected chi connectivity index (χ2v) is 6.79. The van der Waals surface area contributed by atoms with Gasteiger partial charge in [-0.25, -0.2) is 4.39 Å². The number of hydrogen-bond donors (Lipinski definition) is 0. The van der Waals surface area contributed by atoms with Crippen molar-refractivity contribution in [3.8, 4) is 11.4 Å². The molecule has 0 radical (unpaired) electrons. The van der Waals surface area contributed by atoms with Gasteiger partial charge in [0.2, 0.25) is 5.91 Å². The maximum Gasteiger partial charge on any atom is 0.246 e. The van der Waals surface area contributed by atoms with Crippen LogP contribution in [0.3, 0.4) is 0 Å². The first-order valence-electron chi connectivity index (χ1n) is 8.99. The summed E-state index contributed by atoms with van der Waals surface area (Å²) in [5.41, 5.74) is 2.49. The third-order valence-electron chi connectivity index (χ3n) is 4.93. The number of halogens is 1. The lowest BCUT2D eigenvalue weighted by Crippen LogP contribution is -2.41. The number of aromatic nitrogens is 5. The molecule has 1 aliphatic rings. The summed E-state index contributed by atoms with van der Waals surface area (Å²) in [4.78, 5) is 14.6. The summed E-state index contributed by atoms with van der Waals surface area (Å²) in [6.07, 6.45) is 1.93. The normalized spacial score (nSPS) is 16.7. The van der Waals surface area contributed by atoms with E-state index in [1.165, 1.54) is 12.1 Å². The summed E-state index contributed by atoms with van der Waals surface area (Å²) in [5, 5.41) is 13.1. The molecule has 3 heterocycles. The van der Waals surface area contributed by atoms with Crippen LogP contribution in [0.15, 0.2) is 30.5 Å². The number of rotatable bonds is 4. The Bertz CT molecular complexity index is 1010. The minimum absolute atomic E-state index is 0.0339. The number of benzene rings is 1. The third-order valence-corrected chi connectivity index (χ3v) is 4.93. The molecular weight excluding hydrogens is 347 g/mol. The SMILES string of the molecule is CCn1cc(-c2nnc3n2[C@@H](C)C(=O)N(Cc2cccc(F)c2)C3)c(C)n1. The van der Waals surface area contributed by atoms with Crippen molar-refractivity contribution in [3.63, 3.8) is 0 Å². The van der Waals surface area contributed by atoms with Crippen LogP contribution in [-0.4, -0.2) is 35.4 Å². The van der Waals surface area contributed by atoms with Crippen molar-refractivity contribution < 1.29 is 9.18 Å². The van der Waals surface area contributed by atoms with Crippen LogP contribution in [0.1, 0.15) is 37.0 Å². The number of amides is 1. The standard InChI is InChI=1S/C19H21FN6O/c1-4-25-10-16(12(2)23-25)18-22-21-17-11-24(19(27)13(3)26(17)18)9-14-6-5-7-15(20)8-14/h5-8,10,13H,4,9,11H2,1-3H3/t13-/m0/s1. The van der Waals surface area contributed by atoms with Gasteiger partial charge in [0.1, 0.15) is 11.9 Å². The molecule has 3 aromatic rings. The summed E-state index contributed by atoms with van der Waals surface area (Å²) >= 11 is 0. The minimum atomic E-state index is -0.434. The molecule has 2 aromatic heterocycles. The van der Waals surface area contributed by atoms with Gasteiger partial charge in [0.25, 0.3) is 0 Å². The second-order valence-electron chi connectivity index (χ2n) is 6.79. The first kappa shape index (κ1) is 17.4. The monoisotopic (exact) mass is 368 g/mol. The fourth-order valence-corrected chi connectivity index (χ4v) is 3.53. The molecule has 0 N–H and O–H groups in total. The molecule has 0 saturated heterocycles. The van der Waals surface area contributed by atoms with E-state index in [2.05, 4.69) is 15.3 Å². The predicted molar refractivity (Wildman–Crippen MR) is 97.0 cm³/mol. The smallest absolute Gasteiger partial charge is 0.246 e. The molecule has 4 rings (SSSR count). The first-order valence-corrected chi connectivity index (χ1v) is 8.99. The maximum atomic E-state index is 13.5. The Hall–Kier alpha value is -3.03. The zero-order chi connectivity index (χ0) is 19.1. The van der Waals surface area contributed by atoms with Crippen LogP contribution >= 0.6 is 0 Å². The van der Waals surface area contributed by atoms with Gasteiger partial charge in [0, 0.05) is 19.3 Å². The molecule has 0 unspecified atom stereocenters. The maximum absolute atomic E-state index is 13.5. The van der Waals surface area contributed by atoms with Crippen LogP contribution < -0.4 is 0 Å². The van der Waals surface area contributed by atoms with Crippen molar-refractivity contribution >= 4 is 5.91 Å². The van der Waals surface area contributed by atoms with Crippen molar-refractivity contribution in [1.29, 1.82) is 0 Å². The van der Waals surface area contributed by atoms with Crippen molar-refractivity contribution in [1.82, 2.24) is 29.4 Å². The molecule has 7 nitrogen and oxygen atoms in total. The van der Waals surface area contributed by atoms with E-state index >= 15 is 0 Å². The number of carbonyl (C=O) groups is 1. The van der Waals surface area contributed by atoms with Gasteiger partial charge in [-0.2, -0.15) is 5.10 Å². The molecule has 0 saturated carbocycles. The van der Waals surface area contributed by atoms with Gasteiger partial charge in [-0.3, -0.25) is 14.0 Å². The van der Waals surface area contributed by atoms with E-state index in [0.717, 1.165) is 29.2 Å². The van der Waals surface area contributed by atoms with Gasteiger partial charge >= 0.3 is 0 Å². The summed E-state index contributed by atoms with van der Waals surface area (Å²) in [6, 6.07) is 5.87. The quantitative estimate of drug-likeness (QED) is 0.710. The number of fused-ring (bicyclic) bond motifs is 1. The largest absolute Gasteiger partial charge is 0.329 e. The van der Waals surface area contributed by atoms with Crippen LogP contribution in [0.2, 0.25) is 0 Å². The highest BCUT2D eigenvalue weighted by atomic mass is 19.1. The Labute approximate surface area is 156 Å². The summed E-state index contributed by atoms with van der Waals surface area (Å²) < 4.78 is 17.2. The molecule has 1 aromatic carbocycles. The lowest BCUT2D eigenvalue weighted by Gasteiger charge is -2.32. The van der Waals surface area contributed by atoms with Gasteiger partial charge in [-0.05, 0) is 38.5 Å². The molecule has 0 spiro atoms. The van der Waals surface area contributed by atoms with Crippen molar-refractivity contribution in [3.05, 3.63) is 53.4 Å². The lowest BCUT2D eigenvalue weighted by atomic mass is 10.1. The molecule has 0 aliphatic carbocycles. The van der Waals surface area contributed by atoms with E-state index in [-0.39, 0.29) is 11.7 Å². The Morgan fingerprint density at radius 2 is 2.11 bits per heavy atom. The Morgan fingerprint density at radius 3 is 2.81 bits per heavy atom. The van der Waals surface area contributed by atoms with E-state index in [1.807, 2.05) is 42.3 Å². The van der Waals surface area contributed by atoms with E-state index in [4.69, 9.17) is 0 Å². The molecule has 1 atom stereocenters. The third kappa shape index (κ3) is 3.01. The highest BCUT2D eigenvalue weighted by Gasteiger charge is 2.34. The van der Waals surface area contributed by atoms with Gasteiger partial charge in [0.15, 0.2) is 11.6 Å². The topological polar surface area (TPSA) is 68.8 Å². The van der Waals surface area contributed by atoms with E-state index in [1.54, 1.807) is 11.0 Å². The fraction of sp³-hybridized carbons (Fsp3) is 0.368. The number of carbonyl (C=O) groups excluding carboxylic acids is 1. The molecule has 0 bridgehead atoms.